The summed E-state index contributed by atoms with van der Waals surface area (Å²) < 4.78 is 0. The van der Waals surface area contributed by atoms with E-state index in [0.717, 1.165) is 68.0 Å². The van der Waals surface area contributed by atoms with Crippen LogP contribution in [0.3, 0.4) is 0 Å². The lowest BCUT2D eigenvalue weighted by Gasteiger charge is -2.59. The molecule has 0 radical (unpaired) electrons. The van der Waals surface area contributed by atoms with Gasteiger partial charge in [-0.05, 0) is 93.2 Å². The Labute approximate surface area is 213 Å². The van der Waals surface area contributed by atoms with Crippen molar-refractivity contribution in [2.45, 2.75) is 77.7 Å². The van der Waals surface area contributed by atoms with E-state index in [4.69, 9.17) is 4.98 Å². The first-order chi connectivity index (χ1) is 16.8. The molecule has 0 aliphatic heterocycles. The van der Waals surface area contributed by atoms with Crippen LogP contribution < -0.4 is 4.90 Å². The number of para-hydroxylation sites is 1. The van der Waals surface area contributed by atoms with Crippen LogP contribution in [-0.4, -0.2) is 22.4 Å². The number of anilines is 2. The van der Waals surface area contributed by atoms with Gasteiger partial charge in [0.15, 0.2) is 10.9 Å². The summed E-state index contributed by atoms with van der Waals surface area (Å²) in [5.41, 5.74) is 2.59. The van der Waals surface area contributed by atoms with Gasteiger partial charge in [-0.3, -0.25) is 4.79 Å². The summed E-state index contributed by atoms with van der Waals surface area (Å²) in [6, 6.07) is 10.4. The van der Waals surface area contributed by atoms with Gasteiger partial charge in [-0.1, -0.05) is 37.6 Å². The standard InChI is InChI=1S/C30H38N2O2S/c1-4-32(21-8-6-5-7-9-21)27-31-26(19-35-27)30(34)17-14-25-23-11-10-20-18-22(33)12-15-28(20,2)24(23)13-16-29(25,30)3/h5-9,18-19,23-25,34H,4,10-17H2,1-3H3. The maximum absolute atomic E-state index is 12.3. The number of allylic oxidation sites excluding steroid dienone is 1. The third kappa shape index (κ3) is 3.33. The van der Waals surface area contributed by atoms with Crippen LogP contribution >= 0.6 is 11.3 Å². The predicted octanol–water partition coefficient (Wildman–Crippen LogP) is 7.02. The molecule has 6 rings (SSSR count). The summed E-state index contributed by atoms with van der Waals surface area (Å²) in [5.74, 6) is 2.11. The number of benzene rings is 1. The first kappa shape index (κ1) is 23.4. The Hall–Kier alpha value is -1.98. The normalized spacial score (nSPS) is 38.3. The molecular formula is C30H38N2O2S. The van der Waals surface area contributed by atoms with E-state index in [2.05, 4.69) is 55.3 Å². The molecule has 1 aromatic heterocycles. The molecule has 1 aromatic carbocycles. The maximum Gasteiger partial charge on any atom is 0.190 e. The third-order valence-corrected chi connectivity index (χ3v) is 11.5. The summed E-state index contributed by atoms with van der Waals surface area (Å²) in [5, 5.41) is 15.4. The Morgan fingerprint density at radius 1 is 1.06 bits per heavy atom. The van der Waals surface area contributed by atoms with E-state index < -0.39 is 5.60 Å². The van der Waals surface area contributed by atoms with Crippen LogP contribution in [0.5, 0.6) is 0 Å². The van der Waals surface area contributed by atoms with Gasteiger partial charge in [0.2, 0.25) is 0 Å². The molecule has 0 spiro atoms. The zero-order valence-corrected chi connectivity index (χ0v) is 22.1. The van der Waals surface area contributed by atoms with Crippen molar-refractivity contribution >= 4 is 27.9 Å². The van der Waals surface area contributed by atoms with Crippen LogP contribution in [0.4, 0.5) is 10.8 Å². The predicted molar refractivity (Wildman–Crippen MR) is 142 cm³/mol. The topological polar surface area (TPSA) is 53.4 Å². The molecule has 6 unspecified atom stereocenters. The van der Waals surface area contributed by atoms with Gasteiger partial charge >= 0.3 is 0 Å². The second-order valence-corrected chi connectivity index (χ2v) is 12.8. The van der Waals surface area contributed by atoms with Crippen molar-refractivity contribution < 1.29 is 9.90 Å². The second kappa shape index (κ2) is 8.27. The summed E-state index contributed by atoms with van der Waals surface area (Å²) in [4.78, 5) is 19.5. The van der Waals surface area contributed by atoms with Gasteiger partial charge in [-0.15, -0.1) is 11.3 Å². The van der Waals surface area contributed by atoms with Gasteiger partial charge in [0.05, 0.1) is 5.69 Å². The van der Waals surface area contributed by atoms with E-state index in [1.54, 1.807) is 11.3 Å². The van der Waals surface area contributed by atoms with Crippen molar-refractivity contribution in [2.75, 3.05) is 11.4 Å². The Kier molecular flexibility index (Phi) is 5.54. The number of rotatable bonds is 4. The van der Waals surface area contributed by atoms with Crippen LogP contribution in [0, 0.1) is 28.6 Å². The van der Waals surface area contributed by atoms with Crippen LogP contribution in [0.25, 0.3) is 0 Å². The van der Waals surface area contributed by atoms with Crippen molar-refractivity contribution in [1.82, 2.24) is 4.98 Å². The second-order valence-electron chi connectivity index (χ2n) is 11.9. The molecule has 0 bridgehead atoms. The van der Waals surface area contributed by atoms with Crippen molar-refractivity contribution in [3.05, 3.63) is 53.1 Å². The minimum Gasteiger partial charge on any atom is -0.383 e. The van der Waals surface area contributed by atoms with Crippen molar-refractivity contribution in [3.8, 4) is 0 Å². The molecule has 0 amide bonds. The van der Waals surface area contributed by atoms with E-state index in [-0.39, 0.29) is 10.8 Å². The lowest BCUT2D eigenvalue weighted by Crippen LogP contribution is -2.53. The third-order valence-electron chi connectivity index (χ3n) is 10.6. The highest BCUT2D eigenvalue weighted by Crippen LogP contribution is 2.69. The maximum atomic E-state index is 12.3. The Balaban J connectivity index is 1.30. The van der Waals surface area contributed by atoms with E-state index in [1.165, 1.54) is 5.57 Å². The molecule has 6 atom stereocenters. The van der Waals surface area contributed by atoms with Crippen LogP contribution in [-0.2, 0) is 10.4 Å². The fraction of sp³-hybridized carbons (Fsp3) is 0.600. The molecule has 5 heteroatoms. The molecule has 3 saturated carbocycles. The molecule has 2 aromatic rings. The van der Waals surface area contributed by atoms with Crippen molar-refractivity contribution in [2.24, 2.45) is 28.6 Å². The molecule has 4 aliphatic carbocycles. The lowest BCUT2D eigenvalue weighted by molar-refractivity contribution is -0.135. The highest BCUT2D eigenvalue weighted by atomic mass is 32.1. The molecule has 1 heterocycles. The van der Waals surface area contributed by atoms with E-state index in [0.29, 0.717) is 30.0 Å². The quantitative estimate of drug-likeness (QED) is 0.500. The number of hydrogen-bond acceptors (Lipinski definition) is 5. The summed E-state index contributed by atoms with van der Waals surface area (Å²) >= 11 is 1.65. The zero-order valence-electron chi connectivity index (χ0n) is 21.3. The number of thiazole rings is 1. The highest BCUT2D eigenvalue weighted by Gasteiger charge is 2.65. The summed E-state index contributed by atoms with van der Waals surface area (Å²) in [7, 11) is 0. The first-order valence-corrected chi connectivity index (χ1v) is 14.4. The number of ketones is 1. The van der Waals surface area contributed by atoms with Gasteiger partial charge in [0.1, 0.15) is 5.60 Å². The number of nitrogens with zero attached hydrogens (tertiary/aromatic N) is 2. The summed E-state index contributed by atoms with van der Waals surface area (Å²) in [6.07, 6.45) is 9.97. The van der Waals surface area contributed by atoms with Gasteiger partial charge in [-0.25, -0.2) is 4.98 Å². The molecule has 35 heavy (non-hydrogen) atoms. The Morgan fingerprint density at radius 3 is 2.60 bits per heavy atom. The number of hydrogen-bond donors (Lipinski definition) is 1. The molecular weight excluding hydrogens is 452 g/mol. The first-order valence-electron chi connectivity index (χ1n) is 13.5. The largest absolute Gasteiger partial charge is 0.383 e. The minimum absolute atomic E-state index is 0.147. The zero-order chi connectivity index (χ0) is 24.4. The molecule has 0 saturated heterocycles. The molecule has 3 fully saturated rings. The van der Waals surface area contributed by atoms with Gasteiger partial charge < -0.3 is 10.0 Å². The average Bonchev–Trinajstić information content (AvgIpc) is 3.45. The number of carbonyl (C=O) groups excluding carboxylic acids is 1. The van der Waals surface area contributed by atoms with Gasteiger partial charge in [0.25, 0.3) is 0 Å². The van der Waals surface area contributed by atoms with E-state index >= 15 is 0 Å². The van der Waals surface area contributed by atoms with E-state index in [1.807, 2.05) is 12.1 Å². The van der Waals surface area contributed by atoms with Crippen LogP contribution in [0.15, 0.2) is 47.4 Å². The SMILES string of the molecule is CCN(c1ccccc1)c1nc(C2(O)CCC3C4CCC5=CC(=O)CCC5(C)C4CCC32C)cs1. The van der Waals surface area contributed by atoms with Gasteiger partial charge in [-0.2, -0.15) is 0 Å². The van der Waals surface area contributed by atoms with Crippen molar-refractivity contribution in [3.63, 3.8) is 0 Å². The Bertz CT molecular complexity index is 1160. The molecule has 1 N–H and O–H groups in total. The van der Waals surface area contributed by atoms with Crippen molar-refractivity contribution in [1.29, 1.82) is 0 Å². The molecule has 186 valence electrons. The lowest BCUT2D eigenvalue weighted by atomic mass is 9.46. The number of carbonyl (C=O) groups is 1. The average molecular weight is 491 g/mol. The monoisotopic (exact) mass is 490 g/mol. The van der Waals surface area contributed by atoms with E-state index in [9.17, 15) is 9.90 Å². The number of fused-ring (bicyclic) bond motifs is 5. The molecule has 4 aliphatic rings. The van der Waals surface area contributed by atoms with Crippen LogP contribution in [0.1, 0.15) is 77.8 Å². The van der Waals surface area contributed by atoms with Gasteiger partial charge in [0, 0.05) is 29.4 Å². The minimum atomic E-state index is -0.868. The molecule has 4 nitrogen and oxygen atoms in total. The number of aliphatic hydroxyl groups is 1. The highest BCUT2D eigenvalue weighted by molar-refractivity contribution is 7.13. The smallest absolute Gasteiger partial charge is 0.190 e. The summed E-state index contributed by atoms with van der Waals surface area (Å²) in [6.45, 7) is 7.78. The number of aromatic nitrogens is 1. The fourth-order valence-electron chi connectivity index (χ4n) is 8.61. The Morgan fingerprint density at radius 2 is 1.83 bits per heavy atom. The fourth-order valence-corrected chi connectivity index (χ4v) is 9.59. The van der Waals surface area contributed by atoms with Crippen LogP contribution in [0.2, 0.25) is 0 Å².